The molecule has 0 saturated carbocycles. The Morgan fingerprint density at radius 2 is 1.50 bits per heavy atom. The second-order valence-corrected chi connectivity index (χ2v) is 3.88. The van der Waals surface area contributed by atoms with Crippen molar-refractivity contribution in [3.05, 3.63) is 24.3 Å². The van der Waals surface area contributed by atoms with Gasteiger partial charge in [-0.15, -0.1) is 0 Å². The zero-order chi connectivity index (χ0) is 11.8. The highest BCUT2D eigenvalue weighted by Gasteiger charge is 2.04. The van der Waals surface area contributed by atoms with Crippen LogP contribution in [0.4, 0.5) is 0 Å². The maximum absolute atomic E-state index is 5.82. The van der Waals surface area contributed by atoms with Crippen LogP contribution in [0.3, 0.4) is 0 Å². The molecule has 0 N–H and O–H groups in total. The molecule has 0 unspecified atom stereocenters. The number of rotatable bonds is 7. The summed E-state index contributed by atoms with van der Waals surface area (Å²) >= 11 is 0. The Hall–Kier alpha value is -1.18. The van der Waals surface area contributed by atoms with Crippen molar-refractivity contribution in [3.63, 3.8) is 0 Å². The zero-order valence-electron chi connectivity index (χ0n) is 10.5. The highest BCUT2D eigenvalue weighted by molar-refractivity contribution is 5.31. The van der Waals surface area contributed by atoms with Crippen LogP contribution in [0.5, 0.6) is 11.5 Å². The molecule has 1 rings (SSSR count). The summed E-state index contributed by atoms with van der Waals surface area (Å²) in [6.07, 6.45) is 3.45. The van der Waals surface area contributed by atoms with Crippen molar-refractivity contribution >= 4 is 0 Å². The van der Waals surface area contributed by atoms with Crippen LogP contribution in [0.1, 0.15) is 40.0 Å². The number of ether oxygens (including phenoxy) is 2. The van der Waals surface area contributed by atoms with E-state index in [-0.39, 0.29) is 0 Å². The molecule has 0 fully saturated rings. The van der Waals surface area contributed by atoms with Crippen molar-refractivity contribution in [2.45, 2.75) is 46.1 Å². The third kappa shape index (κ3) is 4.13. The van der Waals surface area contributed by atoms with Crippen LogP contribution in [-0.4, -0.2) is 12.7 Å². The van der Waals surface area contributed by atoms with Crippen molar-refractivity contribution in [2.75, 3.05) is 6.61 Å². The molecule has 0 saturated heterocycles. The summed E-state index contributed by atoms with van der Waals surface area (Å²) in [5, 5.41) is 0. The van der Waals surface area contributed by atoms with E-state index in [0.717, 1.165) is 37.4 Å². The van der Waals surface area contributed by atoms with Crippen LogP contribution < -0.4 is 9.47 Å². The summed E-state index contributed by atoms with van der Waals surface area (Å²) in [5.41, 5.74) is 0. The van der Waals surface area contributed by atoms with E-state index >= 15 is 0 Å². The van der Waals surface area contributed by atoms with E-state index in [1.165, 1.54) is 0 Å². The van der Waals surface area contributed by atoms with E-state index < -0.39 is 0 Å². The fourth-order valence-corrected chi connectivity index (χ4v) is 1.48. The first-order valence-corrected chi connectivity index (χ1v) is 6.19. The Kier molecular flexibility index (Phi) is 5.76. The molecule has 2 heteroatoms. The average molecular weight is 222 g/mol. The molecule has 16 heavy (non-hydrogen) atoms. The summed E-state index contributed by atoms with van der Waals surface area (Å²) in [7, 11) is 0. The lowest BCUT2D eigenvalue weighted by molar-refractivity contribution is 0.192. The summed E-state index contributed by atoms with van der Waals surface area (Å²) in [5.74, 6) is 1.84. The molecule has 0 aliphatic rings. The summed E-state index contributed by atoms with van der Waals surface area (Å²) in [4.78, 5) is 0. The van der Waals surface area contributed by atoms with Crippen LogP contribution in [0, 0.1) is 0 Å². The topological polar surface area (TPSA) is 18.5 Å². The minimum atomic E-state index is 0.322. The van der Waals surface area contributed by atoms with Gasteiger partial charge in [0.2, 0.25) is 0 Å². The van der Waals surface area contributed by atoms with Crippen molar-refractivity contribution in [3.8, 4) is 11.5 Å². The van der Waals surface area contributed by atoms with Gasteiger partial charge in [0.1, 0.15) is 11.5 Å². The van der Waals surface area contributed by atoms with E-state index in [1.807, 2.05) is 24.3 Å². The highest BCUT2D eigenvalue weighted by atomic mass is 16.5. The molecule has 0 atom stereocenters. The minimum Gasteiger partial charge on any atom is -0.494 e. The fraction of sp³-hybridized carbons (Fsp3) is 0.571. The normalized spacial score (nSPS) is 10.5. The van der Waals surface area contributed by atoms with Crippen molar-refractivity contribution in [2.24, 2.45) is 0 Å². The van der Waals surface area contributed by atoms with E-state index in [0.29, 0.717) is 6.10 Å². The lowest BCUT2D eigenvalue weighted by Crippen LogP contribution is -2.13. The lowest BCUT2D eigenvalue weighted by atomic mass is 10.2. The first-order chi connectivity index (χ1) is 7.80. The molecule has 0 aliphatic carbocycles. The molecule has 2 nitrogen and oxygen atoms in total. The van der Waals surface area contributed by atoms with Gasteiger partial charge in [-0.05, 0) is 43.5 Å². The van der Waals surface area contributed by atoms with Gasteiger partial charge < -0.3 is 9.47 Å². The first-order valence-electron chi connectivity index (χ1n) is 6.19. The van der Waals surface area contributed by atoms with Crippen LogP contribution in [-0.2, 0) is 0 Å². The van der Waals surface area contributed by atoms with Gasteiger partial charge >= 0.3 is 0 Å². The predicted molar refractivity (Wildman–Crippen MR) is 67.2 cm³/mol. The van der Waals surface area contributed by atoms with Gasteiger partial charge in [0.25, 0.3) is 0 Å². The molecule has 1 aromatic rings. The molecule has 90 valence electrons. The van der Waals surface area contributed by atoms with Gasteiger partial charge in [0.15, 0.2) is 0 Å². The third-order valence-corrected chi connectivity index (χ3v) is 2.51. The molecule has 0 heterocycles. The summed E-state index contributed by atoms with van der Waals surface area (Å²) in [6, 6.07) is 7.88. The van der Waals surface area contributed by atoms with Crippen LogP contribution >= 0.6 is 0 Å². The Labute approximate surface area is 98.6 Å². The Bertz CT molecular complexity index is 275. The molecular weight excluding hydrogens is 200 g/mol. The summed E-state index contributed by atoms with van der Waals surface area (Å²) < 4.78 is 11.3. The maximum atomic E-state index is 5.82. The third-order valence-electron chi connectivity index (χ3n) is 2.51. The van der Waals surface area contributed by atoms with E-state index in [2.05, 4.69) is 20.8 Å². The maximum Gasteiger partial charge on any atom is 0.119 e. The van der Waals surface area contributed by atoms with Crippen molar-refractivity contribution in [1.82, 2.24) is 0 Å². The minimum absolute atomic E-state index is 0.322. The molecule has 0 aliphatic heterocycles. The average Bonchev–Trinajstić information content (AvgIpc) is 2.35. The molecule has 0 radical (unpaired) electrons. The molecular formula is C14H22O2. The fourth-order valence-electron chi connectivity index (χ4n) is 1.48. The van der Waals surface area contributed by atoms with Crippen LogP contribution in [0.25, 0.3) is 0 Å². The second-order valence-electron chi connectivity index (χ2n) is 3.88. The van der Waals surface area contributed by atoms with Crippen LogP contribution in [0.2, 0.25) is 0 Å². The van der Waals surface area contributed by atoms with Crippen LogP contribution in [0.15, 0.2) is 24.3 Å². The molecule has 0 bridgehead atoms. The predicted octanol–water partition coefficient (Wildman–Crippen LogP) is 4.04. The summed E-state index contributed by atoms with van der Waals surface area (Å²) in [6.45, 7) is 7.16. The molecule has 1 aromatic carbocycles. The van der Waals surface area contributed by atoms with E-state index in [1.54, 1.807) is 0 Å². The monoisotopic (exact) mass is 222 g/mol. The SMILES string of the molecule is CCCOc1ccc(OC(CC)CC)cc1. The quantitative estimate of drug-likeness (QED) is 0.693. The largest absolute Gasteiger partial charge is 0.494 e. The Morgan fingerprint density at radius 3 is 2.00 bits per heavy atom. The van der Waals surface area contributed by atoms with Crippen molar-refractivity contribution in [1.29, 1.82) is 0 Å². The van der Waals surface area contributed by atoms with Gasteiger partial charge in [-0.1, -0.05) is 20.8 Å². The smallest absolute Gasteiger partial charge is 0.119 e. The molecule has 0 spiro atoms. The highest BCUT2D eigenvalue weighted by Crippen LogP contribution is 2.20. The Balaban J connectivity index is 2.50. The first kappa shape index (κ1) is 12.9. The second kappa shape index (κ2) is 7.15. The van der Waals surface area contributed by atoms with E-state index in [4.69, 9.17) is 9.47 Å². The van der Waals surface area contributed by atoms with E-state index in [9.17, 15) is 0 Å². The number of benzene rings is 1. The van der Waals surface area contributed by atoms with Gasteiger partial charge in [-0.25, -0.2) is 0 Å². The Morgan fingerprint density at radius 1 is 0.938 bits per heavy atom. The number of hydrogen-bond donors (Lipinski definition) is 0. The van der Waals surface area contributed by atoms with Gasteiger partial charge in [0.05, 0.1) is 12.7 Å². The molecule has 0 amide bonds. The lowest BCUT2D eigenvalue weighted by Gasteiger charge is -2.15. The number of hydrogen-bond acceptors (Lipinski definition) is 2. The van der Waals surface area contributed by atoms with Gasteiger partial charge in [-0.3, -0.25) is 0 Å². The van der Waals surface area contributed by atoms with Gasteiger partial charge in [0, 0.05) is 0 Å². The standard InChI is InChI=1S/C14H22O2/c1-4-11-15-13-7-9-14(10-8-13)16-12(5-2)6-3/h7-10,12H,4-6,11H2,1-3H3. The van der Waals surface area contributed by atoms with Gasteiger partial charge in [-0.2, -0.15) is 0 Å². The zero-order valence-corrected chi connectivity index (χ0v) is 10.5. The van der Waals surface area contributed by atoms with Crippen molar-refractivity contribution < 1.29 is 9.47 Å². The molecule has 0 aromatic heterocycles.